The van der Waals surface area contributed by atoms with Crippen LogP contribution in [0.5, 0.6) is 5.75 Å². The zero-order valence-corrected chi connectivity index (χ0v) is 8.21. The largest absolute Gasteiger partial charge is 0.497 e. The van der Waals surface area contributed by atoms with E-state index in [4.69, 9.17) is 5.39 Å². The van der Waals surface area contributed by atoms with Crippen LogP contribution in [0.2, 0.25) is 0 Å². The zero-order chi connectivity index (χ0) is 14.0. The van der Waals surface area contributed by atoms with E-state index in [-0.39, 0.29) is 0 Å². The van der Waals surface area contributed by atoms with E-state index < -0.39 is 43.3 Å². The highest BCUT2D eigenvalue weighted by Crippen LogP contribution is 2.48. The van der Waals surface area contributed by atoms with Crippen LogP contribution in [0.1, 0.15) is 0 Å². The van der Waals surface area contributed by atoms with E-state index in [9.17, 15) is 35.4 Å². The minimum absolute atomic E-state index is 0.348. The van der Waals surface area contributed by atoms with E-state index >= 15 is 0 Å². The Balaban J connectivity index is 3.90. The second-order valence-electron chi connectivity index (χ2n) is 2.83. The number of phenols is 1. The number of nitro benzene ring substituents is 3. The monoisotopic (exact) mass is 256 g/mol. The molecular formula is C6H2N5O7+. The molecule has 12 nitrogen and oxygen atoms in total. The molecule has 0 unspecified atom stereocenters. The minimum Gasteiger partial charge on any atom is -0.497 e. The Kier molecular flexibility index (Phi) is 3.00. The molecule has 0 amide bonds. The number of aromatic hydroxyl groups is 1. The first-order valence-corrected chi connectivity index (χ1v) is 3.99. The molecule has 0 aliphatic carbocycles. The van der Waals surface area contributed by atoms with Crippen LogP contribution in [0.15, 0.2) is 6.07 Å². The number of rotatable bonds is 3. The summed E-state index contributed by atoms with van der Waals surface area (Å²) in [6.07, 6.45) is 0. The molecule has 0 spiro atoms. The van der Waals surface area contributed by atoms with E-state index in [1.54, 1.807) is 0 Å². The van der Waals surface area contributed by atoms with Crippen LogP contribution in [-0.4, -0.2) is 19.9 Å². The number of phenolic OH excluding ortho intramolecular Hbond substituents is 1. The van der Waals surface area contributed by atoms with Gasteiger partial charge in [-0.2, -0.15) is 0 Å². The van der Waals surface area contributed by atoms with Crippen molar-refractivity contribution in [2.75, 3.05) is 0 Å². The molecular weight excluding hydrogens is 254 g/mol. The maximum Gasteiger partial charge on any atom is 0.475 e. The Bertz CT molecular complexity index is 618. The van der Waals surface area contributed by atoms with Gasteiger partial charge in [-0.3, -0.25) is 30.3 Å². The lowest BCUT2D eigenvalue weighted by molar-refractivity contribution is -0.424. The molecule has 0 aliphatic rings. The quantitative estimate of drug-likeness (QED) is 0.480. The van der Waals surface area contributed by atoms with Gasteiger partial charge in [-0.25, -0.2) is 0 Å². The lowest BCUT2D eigenvalue weighted by Gasteiger charge is -1.96. The molecule has 0 fully saturated rings. The first-order chi connectivity index (χ1) is 8.31. The molecule has 1 aromatic rings. The molecule has 0 aliphatic heterocycles. The highest BCUT2D eigenvalue weighted by atomic mass is 16.6. The molecule has 1 aromatic carbocycles. The van der Waals surface area contributed by atoms with Gasteiger partial charge in [0.1, 0.15) is 6.07 Å². The van der Waals surface area contributed by atoms with E-state index in [1.807, 2.05) is 0 Å². The lowest BCUT2D eigenvalue weighted by Crippen LogP contribution is -2.00. The number of nitro groups is 3. The first kappa shape index (κ1) is 12.7. The van der Waals surface area contributed by atoms with Crippen LogP contribution in [0, 0.1) is 35.7 Å². The van der Waals surface area contributed by atoms with Gasteiger partial charge in [0.25, 0.3) is 5.75 Å². The summed E-state index contributed by atoms with van der Waals surface area (Å²) in [5, 5.41) is 49.4. The van der Waals surface area contributed by atoms with Gasteiger partial charge >= 0.3 is 22.7 Å². The van der Waals surface area contributed by atoms with Gasteiger partial charge in [-0.05, 0) is 0 Å². The van der Waals surface area contributed by atoms with E-state index in [1.165, 1.54) is 0 Å². The Hall–Kier alpha value is -3.36. The summed E-state index contributed by atoms with van der Waals surface area (Å²) in [6.45, 7) is 0. The Morgan fingerprint density at radius 2 is 1.56 bits per heavy atom. The predicted octanol–water partition coefficient (Wildman–Crippen LogP) is 1.60. The van der Waals surface area contributed by atoms with Gasteiger partial charge in [0.05, 0.1) is 14.8 Å². The molecule has 0 heterocycles. The summed E-state index contributed by atoms with van der Waals surface area (Å²) in [7, 11) is 0. The van der Waals surface area contributed by atoms with E-state index in [0.29, 0.717) is 6.07 Å². The SMILES string of the molecule is N#[N+]c1cc([N+](=O)[O-])c(O)c([N+](=O)[O-])c1[N+](=O)[O-]. The van der Waals surface area contributed by atoms with Gasteiger partial charge < -0.3 is 5.11 Å². The second kappa shape index (κ2) is 4.25. The van der Waals surface area contributed by atoms with Crippen molar-refractivity contribution >= 4 is 22.7 Å². The van der Waals surface area contributed by atoms with Gasteiger partial charge in [-0.1, -0.05) is 0 Å². The Morgan fingerprint density at radius 1 is 1.06 bits per heavy atom. The first-order valence-electron chi connectivity index (χ1n) is 3.99. The highest BCUT2D eigenvalue weighted by Gasteiger charge is 2.45. The third-order valence-corrected chi connectivity index (χ3v) is 1.88. The lowest BCUT2D eigenvalue weighted by atomic mass is 10.2. The van der Waals surface area contributed by atoms with Gasteiger partial charge in [-0.15, -0.1) is 0 Å². The highest BCUT2D eigenvalue weighted by molar-refractivity contribution is 5.82. The average molecular weight is 256 g/mol. The van der Waals surface area contributed by atoms with Crippen molar-refractivity contribution in [3.05, 3.63) is 41.4 Å². The molecule has 0 atom stereocenters. The fourth-order valence-corrected chi connectivity index (χ4v) is 1.19. The van der Waals surface area contributed by atoms with Crippen LogP contribution in [0.4, 0.5) is 22.7 Å². The molecule has 1 rings (SSSR count). The second-order valence-corrected chi connectivity index (χ2v) is 2.83. The Morgan fingerprint density at radius 3 is 1.89 bits per heavy atom. The van der Waals surface area contributed by atoms with Crippen LogP contribution < -0.4 is 0 Å². The number of hydrogen-bond donors (Lipinski definition) is 1. The maximum atomic E-state index is 10.6. The van der Waals surface area contributed by atoms with Crippen LogP contribution in [-0.2, 0) is 0 Å². The molecule has 0 aromatic heterocycles. The standard InChI is InChI=1S/C6HN5O7/c7-8-2-1-3(9(13)14)6(12)5(11(17)18)4(2)10(15)16/h1H/p+1. The van der Waals surface area contributed by atoms with Gasteiger partial charge in [0.15, 0.2) is 4.98 Å². The van der Waals surface area contributed by atoms with Crippen molar-refractivity contribution in [1.82, 2.24) is 0 Å². The van der Waals surface area contributed by atoms with Crippen LogP contribution >= 0.6 is 0 Å². The average Bonchev–Trinajstić information content (AvgIpc) is 2.26. The minimum atomic E-state index is -1.51. The van der Waals surface area contributed by atoms with Crippen molar-refractivity contribution < 1.29 is 19.9 Å². The number of nitrogens with zero attached hydrogens (tertiary/aromatic N) is 5. The van der Waals surface area contributed by atoms with Gasteiger partial charge in [0, 0.05) is 0 Å². The smallest absolute Gasteiger partial charge is 0.475 e. The van der Waals surface area contributed by atoms with Crippen LogP contribution in [0.25, 0.3) is 4.98 Å². The van der Waals surface area contributed by atoms with Crippen molar-refractivity contribution in [3.63, 3.8) is 0 Å². The summed E-state index contributed by atoms with van der Waals surface area (Å²) in [4.78, 5) is 30.1. The van der Waals surface area contributed by atoms with Crippen molar-refractivity contribution in [2.24, 2.45) is 0 Å². The number of hydrogen-bond acceptors (Lipinski definition) is 8. The molecule has 0 bridgehead atoms. The van der Waals surface area contributed by atoms with Gasteiger partial charge in [0.2, 0.25) is 5.39 Å². The molecule has 0 saturated carbocycles. The van der Waals surface area contributed by atoms with Crippen LogP contribution in [0.3, 0.4) is 0 Å². The summed E-state index contributed by atoms with van der Waals surface area (Å²) >= 11 is 0. The number of diazo groups is 1. The summed E-state index contributed by atoms with van der Waals surface area (Å²) in [5.74, 6) is -1.48. The van der Waals surface area contributed by atoms with Crippen molar-refractivity contribution in [3.8, 4) is 5.75 Å². The van der Waals surface area contributed by atoms with E-state index in [0.717, 1.165) is 0 Å². The summed E-state index contributed by atoms with van der Waals surface area (Å²) in [5.41, 5.74) is -5.04. The molecule has 0 radical (unpaired) electrons. The molecule has 92 valence electrons. The third-order valence-electron chi connectivity index (χ3n) is 1.88. The zero-order valence-electron chi connectivity index (χ0n) is 8.21. The molecule has 12 heteroatoms. The predicted molar refractivity (Wildman–Crippen MR) is 52.8 cm³/mol. The Labute approximate surface area is 96.1 Å². The summed E-state index contributed by atoms with van der Waals surface area (Å²) < 4.78 is 0. The molecule has 1 N–H and O–H groups in total. The molecule has 18 heavy (non-hydrogen) atoms. The number of benzene rings is 1. The van der Waals surface area contributed by atoms with Crippen molar-refractivity contribution in [2.45, 2.75) is 0 Å². The fraction of sp³-hybridized carbons (Fsp3) is 0. The maximum absolute atomic E-state index is 10.6. The molecule has 0 saturated heterocycles. The summed E-state index contributed by atoms with van der Waals surface area (Å²) in [6, 6.07) is 0.348. The fourth-order valence-electron chi connectivity index (χ4n) is 1.19. The third kappa shape index (κ3) is 1.82. The van der Waals surface area contributed by atoms with Crippen molar-refractivity contribution in [1.29, 1.82) is 5.39 Å². The normalized spacial score (nSPS) is 9.50. The topological polar surface area (TPSA) is 178 Å². The van der Waals surface area contributed by atoms with E-state index in [2.05, 4.69) is 4.98 Å².